The van der Waals surface area contributed by atoms with Crippen LogP contribution in [0.25, 0.3) is 0 Å². The Bertz CT molecular complexity index is 952. The van der Waals surface area contributed by atoms with E-state index in [0.29, 0.717) is 19.1 Å². The number of carbonyl (C=O) groups is 2. The van der Waals surface area contributed by atoms with Crippen LogP contribution in [0.2, 0.25) is 5.02 Å². The molecule has 1 unspecified atom stereocenters. The minimum absolute atomic E-state index is 0.450. The van der Waals surface area contributed by atoms with Crippen molar-refractivity contribution in [2.24, 2.45) is 0 Å². The zero-order valence-corrected chi connectivity index (χ0v) is 16.6. The summed E-state index contributed by atoms with van der Waals surface area (Å²) in [6.07, 6.45) is -7.28. The molecule has 0 aliphatic carbocycles. The van der Waals surface area contributed by atoms with Crippen LogP contribution in [0.3, 0.4) is 0 Å². The molecule has 1 aromatic rings. The molecular formula is C14H12ClF7N2O6S. The summed E-state index contributed by atoms with van der Waals surface area (Å²) >= 11 is 5.58. The number of benzene rings is 1. The number of nitrogens with zero attached hydrogens (tertiary/aromatic N) is 1. The van der Waals surface area contributed by atoms with Crippen LogP contribution in [0.4, 0.5) is 35.5 Å². The highest BCUT2D eigenvalue weighted by Gasteiger charge is 2.53. The fourth-order valence-electron chi connectivity index (χ4n) is 2.01. The van der Waals surface area contributed by atoms with E-state index in [4.69, 9.17) is 21.4 Å². The number of sulfonamides is 1. The van der Waals surface area contributed by atoms with Crippen LogP contribution in [0.5, 0.6) is 5.75 Å². The second-order valence-electron chi connectivity index (χ2n) is 5.75. The van der Waals surface area contributed by atoms with Crippen molar-refractivity contribution in [2.45, 2.75) is 24.7 Å². The fourth-order valence-corrected chi connectivity index (χ4v) is 3.21. The molecule has 0 bridgehead atoms. The summed E-state index contributed by atoms with van der Waals surface area (Å²) in [5, 5.41) is 9.64. The second kappa shape index (κ2) is 9.33. The summed E-state index contributed by atoms with van der Waals surface area (Å²) in [5.41, 5.74) is -6.66. The number of ether oxygens (including phenoxy) is 1. The Hall–Kier alpha value is -2.49. The monoisotopic (exact) mass is 504 g/mol. The minimum Gasteiger partial charge on any atom is -0.488 e. The van der Waals surface area contributed by atoms with E-state index in [2.05, 4.69) is 0 Å². The largest absolute Gasteiger partial charge is 0.516 e. The number of amides is 2. The van der Waals surface area contributed by atoms with Gasteiger partial charge in [-0.3, -0.25) is 4.79 Å². The molecule has 2 N–H and O–H groups in total. The zero-order chi connectivity index (χ0) is 24.4. The first-order chi connectivity index (χ1) is 13.9. The fraction of sp³-hybridized carbons (Fsp3) is 0.429. The van der Waals surface area contributed by atoms with Crippen LogP contribution in [-0.4, -0.2) is 60.7 Å². The molecule has 0 fully saturated rings. The van der Waals surface area contributed by atoms with Gasteiger partial charge in [0.1, 0.15) is 13.2 Å². The number of hydrogen-bond donors (Lipinski definition) is 2. The third-order valence-electron chi connectivity index (χ3n) is 3.34. The Labute approximate surface area is 174 Å². The Balaban J connectivity index is 3.10. The van der Waals surface area contributed by atoms with Gasteiger partial charge in [0.25, 0.3) is 5.91 Å². The summed E-state index contributed by atoms with van der Waals surface area (Å²) in [7, 11) is -6.33. The molecule has 176 valence electrons. The molecule has 31 heavy (non-hydrogen) atoms. The van der Waals surface area contributed by atoms with Crippen LogP contribution in [0, 0.1) is 5.82 Å². The summed E-state index contributed by atoms with van der Waals surface area (Å²) < 4.78 is 115. The average Bonchev–Trinajstić information content (AvgIpc) is 2.56. The van der Waals surface area contributed by atoms with Crippen molar-refractivity contribution in [3.63, 3.8) is 0 Å². The summed E-state index contributed by atoms with van der Waals surface area (Å²) in [6, 6.07) is -1.06. The third-order valence-corrected chi connectivity index (χ3v) is 5.27. The predicted octanol–water partition coefficient (Wildman–Crippen LogP) is 3.37. The van der Waals surface area contributed by atoms with Gasteiger partial charge in [-0.2, -0.15) is 39.1 Å². The van der Waals surface area contributed by atoms with Gasteiger partial charge in [-0.1, -0.05) is 11.6 Å². The van der Waals surface area contributed by atoms with Crippen molar-refractivity contribution in [3.05, 3.63) is 28.5 Å². The van der Waals surface area contributed by atoms with Crippen molar-refractivity contribution < 1.29 is 58.6 Å². The van der Waals surface area contributed by atoms with E-state index in [-0.39, 0.29) is 0 Å². The van der Waals surface area contributed by atoms with Gasteiger partial charge >= 0.3 is 27.8 Å². The topological polar surface area (TPSA) is 113 Å². The summed E-state index contributed by atoms with van der Waals surface area (Å²) in [6.45, 7) is -2.21. The Morgan fingerprint density at radius 2 is 1.77 bits per heavy atom. The van der Waals surface area contributed by atoms with Gasteiger partial charge in [-0.25, -0.2) is 9.18 Å². The maximum atomic E-state index is 14.0. The van der Waals surface area contributed by atoms with E-state index < -0.39 is 79.4 Å². The number of halogens is 8. The van der Waals surface area contributed by atoms with E-state index >= 15 is 0 Å². The van der Waals surface area contributed by atoms with Gasteiger partial charge in [0.2, 0.25) is 0 Å². The van der Waals surface area contributed by atoms with Crippen LogP contribution in [0.1, 0.15) is 17.3 Å². The van der Waals surface area contributed by atoms with E-state index in [1.165, 1.54) is 5.32 Å². The van der Waals surface area contributed by atoms with Crippen molar-refractivity contribution in [3.8, 4) is 5.75 Å². The number of carbonyl (C=O) groups excluding carboxylic acids is 1. The third kappa shape index (κ3) is 6.75. The van der Waals surface area contributed by atoms with Gasteiger partial charge < -0.3 is 15.2 Å². The Morgan fingerprint density at radius 1 is 1.23 bits per heavy atom. The molecule has 0 saturated carbocycles. The lowest BCUT2D eigenvalue weighted by Gasteiger charge is -2.26. The van der Waals surface area contributed by atoms with Crippen LogP contribution in [0.15, 0.2) is 12.1 Å². The molecule has 0 saturated heterocycles. The zero-order valence-electron chi connectivity index (χ0n) is 15.0. The van der Waals surface area contributed by atoms with E-state index in [0.717, 1.165) is 0 Å². The molecule has 2 amide bonds. The number of nitrogens with one attached hydrogen (secondary N) is 1. The maximum Gasteiger partial charge on any atom is 0.516 e. The van der Waals surface area contributed by atoms with Crippen molar-refractivity contribution in [1.29, 1.82) is 0 Å². The molecule has 8 nitrogen and oxygen atoms in total. The van der Waals surface area contributed by atoms with E-state index in [9.17, 15) is 48.7 Å². The number of hydrogen-bond acceptors (Lipinski definition) is 5. The lowest BCUT2D eigenvalue weighted by atomic mass is 10.2. The van der Waals surface area contributed by atoms with Gasteiger partial charge in [0, 0.05) is 0 Å². The van der Waals surface area contributed by atoms with Crippen molar-refractivity contribution >= 4 is 33.6 Å². The number of rotatable bonds is 7. The molecule has 0 spiro atoms. The predicted molar refractivity (Wildman–Crippen MR) is 89.6 cm³/mol. The van der Waals surface area contributed by atoms with E-state index in [1.807, 2.05) is 0 Å². The first-order valence-corrected chi connectivity index (χ1v) is 9.50. The summed E-state index contributed by atoms with van der Waals surface area (Å²) in [4.78, 5) is 22.8. The number of carboxylic acid groups (broad SMARTS) is 1. The van der Waals surface area contributed by atoms with Crippen LogP contribution < -0.4 is 10.1 Å². The molecule has 1 aromatic carbocycles. The molecule has 0 heterocycles. The smallest absolute Gasteiger partial charge is 0.488 e. The first-order valence-electron chi connectivity index (χ1n) is 7.69. The highest BCUT2D eigenvalue weighted by Crippen LogP contribution is 2.30. The van der Waals surface area contributed by atoms with Crippen LogP contribution in [-0.2, 0) is 10.0 Å². The molecule has 0 aliphatic heterocycles. The average molecular weight is 505 g/mol. The van der Waals surface area contributed by atoms with Crippen molar-refractivity contribution in [2.75, 3.05) is 13.2 Å². The van der Waals surface area contributed by atoms with Crippen LogP contribution >= 0.6 is 11.6 Å². The van der Waals surface area contributed by atoms with Gasteiger partial charge in [0.05, 0.1) is 16.6 Å². The molecule has 0 aliphatic rings. The lowest BCUT2D eigenvalue weighted by molar-refractivity contribution is -0.123. The Morgan fingerprint density at radius 3 is 2.23 bits per heavy atom. The van der Waals surface area contributed by atoms with Gasteiger partial charge in [0.15, 0.2) is 11.6 Å². The second-order valence-corrected chi connectivity index (χ2v) is 7.96. The van der Waals surface area contributed by atoms with Crippen molar-refractivity contribution in [1.82, 2.24) is 9.62 Å². The highest BCUT2D eigenvalue weighted by atomic mass is 35.5. The normalized spacial score (nSPS) is 13.5. The molecule has 0 aromatic heterocycles. The first kappa shape index (κ1) is 26.5. The van der Waals surface area contributed by atoms with Gasteiger partial charge in [-0.15, -0.1) is 0 Å². The minimum atomic E-state index is -6.33. The lowest BCUT2D eigenvalue weighted by Crippen LogP contribution is -2.50. The number of alkyl halides is 6. The standard InChI is InChI=1S/C14H12ClF7N2O6S/c1-6(24(12(26)27)31(28,29)14(20,21)22)4-30-10-2-7(8(15)3-9(10)16)11(25)23-5-13(17,18)19/h2-3,6H,4-5H2,1H3,(H,23,25)(H,26,27). The summed E-state index contributed by atoms with van der Waals surface area (Å²) in [5.74, 6) is -3.62. The highest BCUT2D eigenvalue weighted by molar-refractivity contribution is 7.90. The quantitative estimate of drug-likeness (QED) is 0.551. The van der Waals surface area contributed by atoms with E-state index in [1.54, 1.807) is 0 Å². The SMILES string of the molecule is CC(COc1cc(C(=O)NCC(F)(F)F)c(Cl)cc1F)N(C(=O)O)S(=O)(=O)C(F)(F)F. The molecular weight excluding hydrogens is 493 g/mol. The molecule has 1 rings (SSSR count). The Kier molecular flexibility index (Phi) is 7.99. The molecule has 0 radical (unpaired) electrons. The maximum absolute atomic E-state index is 14.0. The molecule has 1 atom stereocenters. The van der Waals surface area contributed by atoms with Gasteiger partial charge in [-0.05, 0) is 19.1 Å². The molecule has 17 heteroatoms.